The number of benzene rings is 3. The van der Waals surface area contributed by atoms with Crippen LogP contribution in [-0.4, -0.2) is 40.8 Å². The van der Waals surface area contributed by atoms with Gasteiger partial charge in [0.2, 0.25) is 5.91 Å². The predicted octanol–water partition coefficient (Wildman–Crippen LogP) is 4.67. The highest BCUT2D eigenvalue weighted by atomic mass is 32.2. The highest BCUT2D eigenvalue weighted by Crippen LogP contribution is 2.25. The summed E-state index contributed by atoms with van der Waals surface area (Å²) in [4.78, 5) is 30.1. The third kappa shape index (κ3) is 5.60. The zero-order valence-corrected chi connectivity index (χ0v) is 19.0. The first-order chi connectivity index (χ1) is 16.2. The molecule has 2 amide bonds. The molecule has 168 valence electrons. The maximum absolute atomic E-state index is 12.7. The normalized spacial score (nSPS) is 10.8. The average Bonchev–Trinajstić information content (AvgIpc) is 3.19. The Balaban J connectivity index is 1.44. The molecule has 4 rings (SSSR count). The SMILES string of the molecule is COCCn1c(SCC(=O)Nc2ccccc2C(=O)Nc2ccccc2)nc2ccccc21. The molecule has 0 aliphatic heterocycles. The van der Waals surface area contributed by atoms with Gasteiger partial charge in [0.05, 0.1) is 34.6 Å². The van der Waals surface area contributed by atoms with Crippen molar-refractivity contribution in [2.45, 2.75) is 11.7 Å². The third-order valence-corrected chi connectivity index (χ3v) is 5.92. The Morgan fingerprint density at radius 3 is 2.48 bits per heavy atom. The number of methoxy groups -OCH3 is 1. The molecule has 2 N–H and O–H groups in total. The summed E-state index contributed by atoms with van der Waals surface area (Å²) >= 11 is 1.35. The number of fused-ring (bicyclic) bond motifs is 1. The van der Waals surface area contributed by atoms with Crippen LogP contribution in [0.5, 0.6) is 0 Å². The number of imidazole rings is 1. The lowest BCUT2D eigenvalue weighted by Gasteiger charge is -2.12. The van der Waals surface area contributed by atoms with Gasteiger partial charge in [0.1, 0.15) is 0 Å². The van der Waals surface area contributed by atoms with Crippen molar-refractivity contribution >= 4 is 46.0 Å². The second kappa shape index (κ2) is 10.8. The number of rotatable bonds is 9. The van der Waals surface area contributed by atoms with Gasteiger partial charge < -0.3 is 19.9 Å². The number of ether oxygens (including phenoxy) is 1. The van der Waals surface area contributed by atoms with Gasteiger partial charge in [-0.2, -0.15) is 0 Å². The zero-order chi connectivity index (χ0) is 23.0. The molecule has 0 spiro atoms. The molecule has 8 heteroatoms. The van der Waals surface area contributed by atoms with Crippen LogP contribution in [0.15, 0.2) is 84.0 Å². The van der Waals surface area contributed by atoms with Crippen molar-refractivity contribution in [1.82, 2.24) is 9.55 Å². The molecule has 0 bridgehead atoms. The maximum Gasteiger partial charge on any atom is 0.257 e. The van der Waals surface area contributed by atoms with Gasteiger partial charge in [-0.15, -0.1) is 0 Å². The molecule has 3 aromatic carbocycles. The molecule has 33 heavy (non-hydrogen) atoms. The van der Waals surface area contributed by atoms with Crippen LogP contribution in [0, 0.1) is 0 Å². The molecule has 7 nitrogen and oxygen atoms in total. The minimum atomic E-state index is -0.286. The number of amides is 2. The first-order valence-corrected chi connectivity index (χ1v) is 11.5. The number of hydrogen-bond acceptors (Lipinski definition) is 5. The molecule has 0 unspecified atom stereocenters. The molecule has 0 saturated heterocycles. The number of nitrogens with one attached hydrogen (secondary N) is 2. The van der Waals surface area contributed by atoms with E-state index in [-0.39, 0.29) is 17.6 Å². The van der Waals surface area contributed by atoms with E-state index in [0.717, 1.165) is 16.2 Å². The van der Waals surface area contributed by atoms with Crippen molar-refractivity contribution in [2.24, 2.45) is 0 Å². The van der Waals surface area contributed by atoms with Crippen LogP contribution in [-0.2, 0) is 16.1 Å². The first-order valence-electron chi connectivity index (χ1n) is 10.5. The van der Waals surface area contributed by atoms with Crippen LogP contribution in [0.3, 0.4) is 0 Å². The van der Waals surface area contributed by atoms with E-state index in [1.807, 2.05) is 54.6 Å². The summed E-state index contributed by atoms with van der Waals surface area (Å²) in [7, 11) is 1.66. The molecule has 0 atom stereocenters. The Bertz CT molecular complexity index is 1260. The van der Waals surface area contributed by atoms with E-state index in [4.69, 9.17) is 4.74 Å². The van der Waals surface area contributed by atoms with Gasteiger partial charge in [-0.1, -0.05) is 54.2 Å². The fraction of sp³-hybridized carbons (Fsp3) is 0.160. The third-order valence-electron chi connectivity index (χ3n) is 4.95. The summed E-state index contributed by atoms with van der Waals surface area (Å²) in [5.74, 6) is -0.346. The molecule has 1 heterocycles. The van der Waals surface area contributed by atoms with E-state index in [1.165, 1.54) is 11.8 Å². The lowest BCUT2D eigenvalue weighted by atomic mass is 10.1. The van der Waals surface area contributed by atoms with Gasteiger partial charge in [-0.25, -0.2) is 4.98 Å². The summed E-state index contributed by atoms with van der Waals surface area (Å²) in [6.07, 6.45) is 0. The Morgan fingerprint density at radius 1 is 0.939 bits per heavy atom. The number of hydrogen-bond donors (Lipinski definition) is 2. The van der Waals surface area contributed by atoms with Crippen molar-refractivity contribution in [3.05, 3.63) is 84.4 Å². The van der Waals surface area contributed by atoms with Crippen LogP contribution in [0.25, 0.3) is 11.0 Å². The molecule has 4 aromatic rings. The van der Waals surface area contributed by atoms with Crippen molar-refractivity contribution in [3.63, 3.8) is 0 Å². The number of para-hydroxylation sites is 4. The Hall–Kier alpha value is -3.62. The van der Waals surface area contributed by atoms with Gasteiger partial charge in [0, 0.05) is 19.3 Å². The Labute approximate surface area is 196 Å². The Morgan fingerprint density at radius 2 is 1.67 bits per heavy atom. The summed E-state index contributed by atoms with van der Waals surface area (Å²) < 4.78 is 7.28. The largest absolute Gasteiger partial charge is 0.383 e. The molecule has 1 aromatic heterocycles. The molecular formula is C25H24N4O3S. The minimum Gasteiger partial charge on any atom is -0.383 e. The van der Waals surface area contributed by atoms with Crippen molar-refractivity contribution in [3.8, 4) is 0 Å². The topological polar surface area (TPSA) is 85.2 Å². The van der Waals surface area contributed by atoms with Crippen LogP contribution in [0.1, 0.15) is 10.4 Å². The number of anilines is 2. The molecule has 0 radical (unpaired) electrons. The highest BCUT2D eigenvalue weighted by Gasteiger charge is 2.16. The predicted molar refractivity (Wildman–Crippen MR) is 132 cm³/mol. The quantitative estimate of drug-likeness (QED) is 0.355. The maximum atomic E-state index is 12.7. The minimum absolute atomic E-state index is 0.158. The van der Waals surface area contributed by atoms with Gasteiger partial charge in [-0.05, 0) is 36.4 Å². The lowest BCUT2D eigenvalue weighted by Crippen LogP contribution is -2.19. The standard InChI is InChI=1S/C25H24N4O3S/c1-32-16-15-29-22-14-8-7-13-21(22)28-25(29)33-17-23(30)27-20-12-6-5-11-19(20)24(31)26-18-9-3-2-4-10-18/h2-14H,15-17H2,1H3,(H,26,31)(H,27,30). The van der Waals surface area contributed by atoms with Gasteiger partial charge in [0.15, 0.2) is 5.16 Å². The average molecular weight is 461 g/mol. The van der Waals surface area contributed by atoms with Gasteiger partial charge in [0.25, 0.3) is 5.91 Å². The van der Waals surface area contributed by atoms with Crippen LogP contribution in [0.4, 0.5) is 11.4 Å². The van der Waals surface area contributed by atoms with E-state index in [2.05, 4.69) is 20.2 Å². The van der Waals surface area contributed by atoms with E-state index >= 15 is 0 Å². The van der Waals surface area contributed by atoms with Crippen LogP contribution < -0.4 is 10.6 Å². The van der Waals surface area contributed by atoms with Crippen molar-refractivity contribution in [1.29, 1.82) is 0 Å². The molecule has 0 fully saturated rings. The molecule has 0 aliphatic rings. The van der Waals surface area contributed by atoms with Gasteiger partial charge in [-0.3, -0.25) is 9.59 Å². The number of nitrogens with zero attached hydrogens (tertiary/aromatic N) is 2. The molecular weight excluding hydrogens is 436 g/mol. The van der Waals surface area contributed by atoms with Crippen molar-refractivity contribution < 1.29 is 14.3 Å². The Kier molecular flexibility index (Phi) is 7.39. The molecule has 0 saturated carbocycles. The smallest absolute Gasteiger partial charge is 0.257 e. The van der Waals surface area contributed by atoms with E-state index in [1.54, 1.807) is 31.4 Å². The second-order valence-electron chi connectivity index (χ2n) is 7.23. The summed E-state index contributed by atoms with van der Waals surface area (Å²) in [5, 5.41) is 6.46. The summed E-state index contributed by atoms with van der Waals surface area (Å²) in [6, 6.07) is 24.0. The number of carbonyl (C=O) groups is 2. The fourth-order valence-electron chi connectivity index (χ4n) is 3.39. The number of aromatic nitrogens is 2. The van der Waals surface area contributed by atoms with Gasteiger partial charge >= 0.3 is 0 Å². The van der Waals surface area contributed by atoms with Crippen LogP contribution >= 0.6 is 11.8 Å². The highest BCUT2D eigenvalue weighted by molar-refractivity contribution is 7.99. The second-order valence-corrected chi connectivity index (χ2v) is 8.17. The number of carbonyl (C=O) groups excluding carboxylic acids is 2. The number of thioether (sulfide) groups is 1. The zero-order valence-electron chi connectivity index (χ0n) is 18.2. The monoisotopic (exact) mass is 460 g/mol. The van der Waals surface area contributed by atoms with Crippen molar-refractivity contribution in [2.75, 3.05) is 30.1 Å². The van der Waals surface area contributed by atoms with Crippen LogP contribution in [0.2, 0.25) is 0 Å². The van der Waals surface area contributed by atoms with E-state index < -0.39 is 0 Å². The lowest BCUT2D eigenvalue weighted by molar-refractivity contribution is -0.113. The van der Waals surface area contributed by atoms with E-state index in [0.29, 0.717) is 30.1 Å². The summed E-state index contributed by atoms with van der Waals surface area (Å²) in [6.45, 7) is 1.19. The molecule has 0 aliphatic carbocycles. The first kappa shape index (κ1) is 22.6. The fourth-order valence-corrected chi connectivity index (χ4v) is 4.23. The van der Waals surface area contributed by atoms with E-state index in [9.17, 15) is 9.59 Å². The summed E-state index contributed by atoms with van der Waals surface area (Å²) in [5.41, 5.74) is 3.42.